The van der Waals surface area contributed by atoms with E-state index in [1.807, 2.05) is 7.05 Å². The van der Waals surface area contributed by atoms with Crippen molar-refractivity contribution >= 4 is 16.6 Å². The Balaban J connectivity index is 1.55. The Bertz CT molecular complexity index is 785. The van der Waals surface area contributed by atoms with Crippen LogP contribution < -0.4 is 10.1 Å². The average molecular weight is 355 g/mol. The van der Waals surface area contributed by atoms with Gasteiger partial charge < -0.3 is 19.7 Å². The first-order valence-corrected chi connectivity index (χ1v) is 9.80. The average Bonchev–Trinajstić information content (AvgIpc) is 3.34. The molecule has 2 aliphatic rings. The lowest BCUT2D eigenvalue weighted by atomic mass is 10.0. The Labute approximate surface area is 155 Å². The largest absolute Gasteiger partial charge is 0.496 e. The van der Waals surface area contributed by atoms with Gasteiger partial charge in [0, 0.05) is 35.9 Å². The maximum absolute atomic E-state index is 5.96. The number of aromatic nitrogens is 1. The molecular weight excluding hydrogens is 326 g/mol. The molecule has 0 amide bonds. The molecule has 1 aliphatic carbocycles. The third kappa shape index (κ3) is 3.38. The fourth-order valence-corrected chi connectivity index (χ4v) is 4.30. The number of pyridine rings is 1. The predicted octanol–water partition coefficient (Wildman–Crippen LogP) is 3.39. The number of methoxy groups -OCH3 is 1. The molecule has 5 nitrogen and oxygen atoms in total. The van der Waals surface area contributed by atoms with Crippen molar-refractivity contribution in [3.8, 4) is 5.75 Å². The lowest BCUT2D eigenvalue weighted by Crippen LogP contribution is -2.23. The van der Waals surface area contributed by atoms with E-state index < -0.39 is 0 Å². The molecule has 26 heavy (non-hydrogen) atoms. The van der Waals surface area contributed by atoms with E-state index in [0.717, 1.165) is 48.2 Å². The molecule has 140 valence electrons. The van der Waals surface area contributed by atoms with Crippen LogP contribution in [0.1, 0.15) is 36.1 Å². The van der Waals surface area contributed by atoms with Crippen LogP contribution >= 0.6 is 0 Å². The van der Waals surface area contributed by atoms with Crippen LogP contribution in [0.3, 0.4) is 0 Å². The maximum atomic E-state index is 5.96. The minimum atomic E-state index is 0.570. The van der Waals surface area contributed by atoms with E-state index in [1.54, 1.807) is 7.11 Å². The molecule has 0 unspecified atom stereocenters. The molecule has 1 N–H and O–H groups in total. The van der Waals surface area contributed by atoms with E-state index in [4.69, 9.17) is 14.5 Å². The van der Waals surface area contributed by atoms with E-state index >= 15 is 0 Å². The van der Waals surface area contributed by atoms with Crippen molar-refractivity contribution in [2.45, 2.75) is 38.7 Å². The highest BCUT2D eigenvalue weighted by molar-refractivity contribution is 5.95. The number of nitrogens with one attached hydrogen (secondary N) is 1. The highest BCUT2D eigenvalue weighted by atomic mass is 16.5. The van der Waals surface area contributed by atoms with E-state index in [1.165, 1.54) is 49.3 Å². The lowest BCUT2D eigenvalue weighted by molar-refractivity contribution is 0.0979. The molecule has 0 atom stereocenters. The molecule has 4 rings (SSSR count). The van der Waals surface area contributed by atoms with Gasteiger partial charge in [-0.1, -0.05) is 0 Å². The van der Waals surface area contributed by atoms with E-state index in [-0.39, 0.29) is 0 Å². The molecule has 1 fully saturated rings. The molecule has 1 aliphatic heterocycles. The predicted molar refractivity (Wildman–Crippen MR) is 105 cm³/mol. The summed E-state index contributed by atoms with van der Waals surface area (Å²) in [5, 5.41) is 4.54. The summed E-state index contributed by atoms with van der Waals surface area (Å²) in [5.74, 6) is 0.884. The van der Waals surface area contributed by atoms with E-state index in [0.29, 0.717) is 6.61 Å². The molecule has 5 heteroatoms. The second kappa shape index (κ2) is 7.80. The van der Waals surface area contributed by atoms with Gasteiger partial charge in [-0.15, -0.1) is 0 Å². The number of hydrogen-bond donors (Lipinski definition) is 1. The van der Waals surface area contributed by atoms with Gasteiger partial charge in [0.05, 0.1) is 25.8 Å². The zero-order valence-corrected chi connectivity index (χ0v) is 15.9. The highest BCUT2D eigenvalue weighted by Gasteiger charge is 2.20. The first-order chi connectivity index (χ1) is 12.8. The standard InChI is InChI=1S/C21H29N3O2/c1-22-21-16-6-5-7-18(16)23-19-12-15(20(25-2)13-17(19)21)14-26-11-10-24-8-3-4-9-24/h12-13H,3-11,14H2,1-2H3,(H,22,23). The smallest absolute Gasteiger partial charge is 0.125 e. The van der Waals surface area contributed by atoms with Crippen LogP contribution in [0.2, 0.25) is 0 Å². The van der Waals surface area contributed by atoms with Crippen molar-refractivity contribution in [2.24, 2.45) is 0 Å². The number of rotatable bonds is 7. The number of anilines is 1. The number of ether oxygens (including phenoxy) is 2. The van der Waals surface area contributed by atoms with Crippen LogP contribution in [0, 0.1) is 0 Å². The summed E-state index contributed by atoms with van der Waals surface area (Å²) in [6.07, 6.45) is 6.02. The Morgan fingerprint density at radius 3 is 2.77 bits per heavy atom. The number of fused-ring (bicyclic) bond motifs is 2. The van der Waals surface area contributed by atoms with Gasteiger partial charge in [0.15, 0.2) is 0 Å². The van der Waals surface area contributed by atoms with Crippen molar-refractivity contribution in [1.82, 2.24) is 9.88 Å². The van der Waals surface area contributed by atoms with Gasteiger partial charge in [-0.2, -0.15) is 0 Å². The molecule has 2 aromatic rings. The third-order valence-electron chi connectivity index (χ3n) is 5.67. The lowest BCUT2D eigenvalue weighted by Gasteiger charge is -2.17. The Morgan fingerprint density at radius 1 is 1.15 bits per heavy atom. The second-order valence-corrected chi connectivity index (χ2v) is 7.30. The molecule has 1 saturated heterocycles. The van der Waals surface area contributed by atoms with Gasteiger partial charge in [-0.05, 0) is 62.9 Å². The zero-order chi connectivity index (χ0) is 17.9. The van der Waals surface area contributed by atoms with Crippen LogP contribution in [0.4, 0.5) is 5.69 Å². The van der Waals surface area contributed by atoms with E-state index in [9.17, 15) is 0 Å². The van der Waals surface area contributed by atoms with Crippen LogP contribution in [0.25, 0.3) is 10.9 Å². The molecule has 1 aromatic heterocycles. The van der Waals surface area contributed by atoms with Gasteiger partial charge in [-0.3, -0.25) is 4.98 Å². The summed E-state index contributed by atoms with van der Waals surface area (Å²) >= 11 is 0. The molecule has 1 aromatic carbocycles. The summed E-state index contributed by atoms with van der Waals surface area (Å²) < 4.78 is 11.6. The Hall–Kier alpha value is -1.85. The zero-order valence-electron chi connectivity index (χ0n) is 15.9. The summed E-state index contributed by atoms with van der Waals surface area (Å²) in [6, 6.07) is 4.26. The highest BCUT2D eigenvalue weighted by Crippen LogP contribution is 2.37. The monoisotopic (exact) mass is 355 g/mol. The topological polar surface area (TPSA) is 46.6 Å². The van der Waals surface area contributed by atoms with Crippen LogP contribution in [-0.2, 0) is 24.2 Å². The minimum absolute atomic E-state index is 0.570. The number of aryl methyl sites for hydroxylation is 1. The first kappa shape index (κ1) is 17.6. The molecular formula is C21H29N3O2. The fraction of sp³-hybridized carbons (Fsp3) is 0.571. The van der Waals surface area contributed by atoms with Gasteiger partial charge in [0.25, 0.3) is 0 Å². The third-order valence-corrected chi connectivity index (χ3v) is 5.67. The summed E-state index contributed by atoms with van der Waals surface area (Å²) in [5.41, 5.74) is 5.94. The molecule has 0 radical (unpaired) electrons. The Morgan fingerprint density at radius 2 is 2.00 bits per heavy atom. The van der Waals surface area contributed by atoms with Crippen molar-refractivity contribution in [3.05, 3.63) is 29.0 Å². The molecule has 0 bridgehead atoms. The Kier molecular flexibility index (Phi) is 5.27. The number of benzene rings is 1. The molecule has 2 heterocycles. The summed E-state index contributed by atoms with van der Waals surface area (Å²) in [6.45, 7) is 4.78. The van der Waals surface area contributed by atoms with Crippen molar-refractivity contribution in [1.29, 1.82) is 0 Å². The van der Waals surface area contributed by atoms with Crippen LogP contribution in [0.5, 0.6) is 5.75 Å². The minimum Gasteiger partial charge on any atom is -0.496 e. The number of hydrogen-bond acceptors (Lipinski definition) is 5. The quantitative estimate of drug-likeness (QED) is 0.772. The van der Waals surface area contributed by atoms with Gasteiger partial charge in [-0.25, -0.2) is 0 Å². The first-order valence-electron chi connectivity index (χ1n) is 9.80. The molecule has 0 saturated carbocycles. The number of nitrogens with zero attached hydrogens (tertiary/aromatic N) is 2. The van der Waals surface area contributed by atoms with Crippen LogP contribution in [0.15, 0.2) is 12.1 Å². The summed E-state index contributed by atoms with van der Waals surface area (Å²) in [7, 11) is 3.73. The van der Waals surface area contributed by atoms with Crippen molar-refractivity contribution in [3.63, 3.8) is 0 Å². The van der Waals surface area contributed by atoms with Crippen molar-refractivity contribution < 1.29 is 9.47 Å². The van der Waals surface area contributed by atoms with Crippen LogP contribution in [-0.4, -0.2) is 50.3 Å². The van der Waals surface area contributed by atoms with Crippen molar-refractivity contribution in [2.75, 3.05) is 45.7 Å². The second-order valence-electron chi connectivity index (χ2n) is 7.30. The molecule has 0 spiro atoms. The van der Waals surface area contributed by atoms with Gasteiger partial charge in [0.1, 0.15) is 5.75 Å². The van der Waals surface area contributed by atoms with E-state index in [2.05, 4.69) is 22.3 Å². The number of likely N-dealkylation sites (tertiary alicyclic amines) is 1. The summed E-state index contributed by atoms with van der Waals surface area (Å²) in [4.78, 5) is 7.41. The fourth-order valence-electron chi connectivity index (χ4n) is 4.30. The van der Waals surface area contributed by atoms with Gasteiger partial charge in [0.2, 0.25) is 0 Å². The van der Waals surface area contributed by atoms with Gasteiger partial charge >= 0.3 is 0 Å². The normalized spacial score (nSPS) is 17.0. The SMILES string of the molecule is CNc1c2c(nc3cc(COCCN4CCCC4)c(OC)cc13)CCC2. The maximum Gasteiger partial charge on any atom is 0.125 e.